The molecule has 5 N–H and O–H groups in total. The van der Waals surface area contributed by atoms with Gasteiger partial charge >= 0.3 is 7.12 Å². The molecule has 0 bridgehead atoms. The zero-order valence-electron chi connectivity index (χ0n) is 11.9. The molecule has 0 amide bonds. The van der Waals surface area contributed by atoms with Crippen LogP contribution in [0.25, 0.3) is 0 Å². The Hall–Kier alpha value is -0.135. The second kappa shape index (κ2) is 9.72. The molecule has 0 aromatic heterocycles. The van der Waals surface area contributed by atoms with Crippen LogP contribution in [-0.4, -0.2) is 59.5 Å². The van der Waals surface area contributed by atoms with Gasteiger partial charge in [-0.25, -0.2) is 0 Å². The van der Waals surface area contributed by atoms with E-state index in [1.165, 1.54) is 0 Å². The molecule has 19 heavy (non-hydrogen) atoms. The van der Waals surface area contributed by atoms with Crippen molar-refractivity contribution in [2.45, 2.75) is 50.9 Å². The van der Waals surface area contributed by atoms with Gasteiger partial charge in [0, 0.05) is 12.6 Å². The predicted molar refractivity (Wildman–Crippen MR) is 77.7 cm³/mol. The number of nitrogens with zero attached hydrogens (tertiary/aromatic N) is 1. The van der Waals surface area contributed by atoms with E-state index in [0.29, 0.717) is 18.8 Å². The third-order valence-corrected chi connectivity index (χ3v) is 4.07. The average molecular weight is 272 g/mol. The molecule has 0 aromatic rings. The Labute approximate surface area is 116 Å². The summed E-state index contributed by atoms with van der Waals surface area (Å²) in [4.78, 5) is 2.43. The van der Waals surface area contributed by atoms with Crippen LogP contribution in [0, 0.1) is 5.92 Å². The van der Waals surface area contributed by atoms with Crippen molar-refractivity contribution in [1.29, 1.82) is 0 Å². The number of likely N-dealkylation sites (tertiary alicyclic amines) is 1. The molecule has 1 rings (SSSR count). The molecular weight excluding hydrogens is 243 g/mol. The van der Waals surface area contributed by atoms with Gasteiger partial charge in [0.1, 0.15) is 0 Å². The summed E-state index contributed by atoms with van der Waals surface area (Å²) in [6.45, 7) is 3.52. The van der Waals surface area contributed by atoms with E-state index in [-0.39, 0.29) is 6.04 Å². The maximum Gasteiger partial charge on any atom is 0.451 e. The molecule has 1 aliphatic heterocycles. The fraction of sp³-hybridized carbons (Fsp3) is 1.00. The van der Waals surface area contributed by atoms with Gasteiger partial charge in [-0.3, -0.25) is 0 Å². The molecule has 0 aromatic carbocycles. The van der Waals surface area contributed by atoms with Gasteiger partial charge in [0.25, 0.3) is 0 Å². The lowest BCUT2D eigenvalue weighted by atomic mass is 9.83. The monoisotopic (exact) mass is 272 g/mol. The first-order valence-electron chi connectivity index (χ1n) is 7.56. The van der Waals surface area contributed by atoms with E-state index in [0.717, 1.165) is 58.2 Å². The second-order valence-electron chi connectivity index (χ2n) is 5.78. The molecule has 1 saturated heterocycles. The lowest BCUT2D eigenvalue weighted by Crippen LogP contribution is -2.37. The first kappa shape index (κ1) is 16.9. The molecule has 5 nitrogen and oxygen atoms in total. The number of unbranched alkanes of at least 4 members (excludes halogenated alkanes) is 1. The van der Waals surface area contributed by atoms with Crippen LogP contribution in [0.3, 0.4) is 0 Å². The molecular formula is C13H29BN2O3. The Morgan fingerprint density at radius 2 is 1.84 bits per heavy atom. The number of aliphatic hydroxyl groups is 1. The number of aliphatic hydroxyl groups excluding tert-OH is 1. The van der Waals surface area contributed by atoms with E-state index in [9.17, 15) is 0 Å². The summed E-state index contributed by atoms with van der Waals surface area (Å²) in [6, 6.07) is 0.214. The third-order valence-electron chi connectivity index (χ3n) is 4.07. The molecule has 1 fully saturated rings. The zero-order chi connectivity index (χ0) is 14.1. The zero-order valence-corrected chi connectivity index (χ0v) is 11.9. The molecule has 1 unspecified atom stereocenters. The van der Waals surface area contributed by atoms with Gasteiger partial charge in [-0.05, 0) is 57.6 Å². The number of hydrogen-bond acceptors (Lipinski definition) is 5. The highest BCUT2D eigenvalue weighted by molar-refractivity contribution is 6.40. The fourth-order valence-corrected chi connectivity index (χ4v) is 2.62. The van der Waals surface area contributed by atoms with Gasteiger partial charge in [0.2, 0.25) is 0 Å². The number of piperidine rings is 1. The van der Waals surface area contributed by atoms with Crippen LogP contribution >= 0.6 is 0 Å². The lowest BCUT2D eigenvalue weighted by molar-refractivity contribution is 0.129. The summed E-state index contributed by atoms with van der Waals surface area (Å²) in [5.41, 5.74) is 6.07. The van der Waals surface area contributed by atoms with Crippen molar-refractivity contribution >= 4 is 7.12 Å². The van der Waals surface area contributed by atoms with Gasteiger partial charge in [0.05, 0.1) is 0 Å². The molecule has 112 valence electrons. The summed E-state index contributed by atoms with van der Waals surface area (Å²) >= 11 is 0. The van der Waals surface area contributed by atoms with E-state index in [2.05, 4.69) is 4.90 Å². The SMILES string of the molecule is NC(CCCCB(O)O)CCN1CCC(CO)CC1. The van der Waals surface area contributed by atoms with Gasteiger partial charge in [0.15, 0.2) is 0 Å². The highest BCUT2D eigenvalue weighted by Crippen LogP contribution is 2.17. The fourth-order valence-electron chi connectivity index (χ4n) is 2.62. The molecule has 0 spiro atoms. The quantitative estimate of drug-likeness (QED) is 0.352. The van der Waals surface area contributed by atoms with E-state index in [4.69, 9.17) is 20.9 Å². The van der Waals surface area contributed by atoms with Crippen LogP contribution in [0.15, 0.2) is 0 Å². The normalized spacial score (nSPS) is 19.6. The molecule has 1 heterocycles. The summed E-state index contributed by atoms with van der Waals surface area (Å²) < 4.78 is 0. The third kappa shape index (κ3) is 7.90. The Kier molecular flexibility index (Phi) is 8.65. The molecule has 1 aliphatic rings. The van der Waals surface area contributed by atoms with E-state index < -0.39 is 7.12 Å². The largest absolute Gasteiger partial charge is 0.451 e. The predicted octanol–water partition coefficient (Wildman–Crippen LogP) is 0.0512. The lowest BCUT2D eigenvalue weighted by Gasteiger charge is -2.31. The van der Waals surface area contributed by atoms with Crippen LogP contribution in [-0.2, 0) is 0 Å². The molecule has 1 atom stereocenters. The van der Waals surface area contributed by atoms with Crippen LogP contribution in [0.5, 0.6) is 0 Å². The summed E-state index contributed by atoms with van der Waals surface area (Å²) in [7, 11) is -1.18. The van der Waals surface area contributed by atoms with E-state index >= 15 is 0 Å². The van der Waals surface area contributed by atoms with Crippen molar-refractivity contribution in [3.05, 3.63) is 0 Å². The highest BCUT2D eigenvalue weighted by Gasteiger charge is 2.18. The standard InChI is InChI=1S/C13H29BN2O3/c15-13(3-1-2-7-14(18)19)6-10-16-8-4-12(11-17)5-9-16/h12-13,17-19H,1-11,15H2. The van der Waals surface area contributed by atoms with Crippen molar-refractivity contribution in [1.82, 2.24) is 4.90 Å². The van der Waals surface area contributed by atoms with Crippen molar-refractivity contribution in [3.63, 3.8) is 0 Å². The van der Waals surface area contributed by atoms with Crippen LogP contribution in [0.2, 0.25) is 6.32 Å². The van der Waals surface area contributed by atoms with Crippen LogP contribution in [0.1, 0.15) is 38.5 Å². The molecule has 0 radical (unpaired) electrons. The van der Waals surface area contributed by atoms with E-state index in [1.54, 1.807) is 0 Å². The summed E-state index contributed by atoms with van der Waals surface area (Å²) in [5.74, 6) is 0.495. The topological polar surface area (TPSA) is 90.0 Å². The van der Waals surface area contributed by atoms with Crippen molar-refractivity contribution in [3.8, 4) is 0 Å². The van der Waals surface area contributed by atoms with Crippen molar-refractivity contribution in [2.24, 2.45) is 11.7 Å². The average Bonchev–Trinajstić information content (AvgIpc) is 2.41. The van der Waals surface area contributed by atoms with Gasteiger partial charge in [-0.1, -0.05) is 12.8 Å². The minimum atomic E-state index is -1.18. The van der Waals surface area contributed by atoms with Crippen molar-refractivity contribution in [2.75, 3.05) is 26.2 Å². The Morgan fingerprint density at radius 3 is 2.42 bits per heavy atom. The Bertz CT molecular complexity index is 224. The summed E-state index contributed by atoms with van der Waals surface area (Å²) in [5, 5.41) is 26.5. The minimum Gasteiger partial charge on any atom is -0.427 e. The Balaban J connectivity index is 1.99. The Morgan fingerprint density at radius 1 is 1.16 bits per heavy atom. The van der Waals surface area contributed by atoms with Gasteiger partial charge in [-0.15, -0.1) is 0 Å². The maximum atomic E-state index is 9.08. The number of rotatable bonds is 9. The number of nitrogens with two attached hydrogens (primary N) is 1. The highest BCUT2D eigenvalue weighted by atomic mass is 16.4. The molecule has 0 aliphatic carbocycles. The van der Waals surface area contributed by atoms with Crippen LogP contribution < -0.4 is 5.73 Å². The second-order valence-corrected chi connectivity index (χ2v) is 5.78. The summed E-state index contributed by atoms with van der Waals surface area (Å²) in [6.07, 6.45) is 6.39. The first-order valence-corrected chi connectivity index (χ1v) is 7.56. The maximum absolute atomic E-state index is 9.08. The molecule has 6 heteroatoms. The number of hydrogen-bond donors (Lipinski definition) is 4. The minimum absolute atomic E-state index is 0.214. The van der Waals surface area contributed by atoms with Gasteiger partial charge < -0.3 is 25.8 Å². The van der Waals surface area contributed by atoms with Crippen molar-refractivity contribution < 1.29 is 15.2 Å². The smallest absolute Gasteiger partial charge is 0.427 e. The van der Waals surface area contributed by atoms with Gasteiger partial charge in [-0.2, -0.15) is 0 Å². The molecule has 0 saturated carbocycles. The van der Waals surface area contributed by atoms with E-state index in [1.807, 2.05) is 0 Å². The first-order chi connectivity index (χ1) is 9.11. The van der Waals surface area contributed by atoms with Crippen LogP contribution in [0.4, 0.5) is 0 Å².